The van der Waals surface area contributed by atoms with Crippen molar-refractivity contribution in [3.63, 3.8) is 0 Å². The van der Waals surface area contributed by atoms with E-state index in [0.29, 0.717) is 0 Å². The van der Waals surface area contributed by atoms with Gasteiger partial charge in [-0.05, 0) is 11.5 Å². The number of nitrogens with zero attached hydrogens (tertiary/aromatic N) is 1. The maximum Gasteiger partial charge on any atom is 0.411 e. The van der Waals surface area contributed by atoms with Crippen molar-refractivity contribution in [1.82, 2.24) is 4.98 Å². The second kappa shape index (κ2) is 4.06. The highest BCUT2D eigenvalue weighted by molar-refractivity contribution is 6.29. The minimum Gasteiger partial charge on any atom is -0.391 e. The summed E-state index contributed by atoms with van der Waals surface area (Å²) in [5.41, 5.74) is 5.53. The van der Waals surface area contributed by atoms with Crippen molar-refractivity contribution in [2.75, 3.05) is 0 Å². The summed E-state index contributed by atoms with van der Waals surface area (Å²) >= 11 is 5.71. The molecule has 0 spiro atoms. The number of aromatic nitrogens is 1. The lowest BCUT2D eigenvalue weighted by Gasteiger charge is -2.20. The van der Waals surface area contributed by atoms with Crippen molar-refractivity contribution in [1.29, 1.82) is 0 Å². The minimum absolute atomic E-state index is 0.169. The summed E-state index contributed by atoms with van der Waals surface area (Å²) in [5, 5.41) is 0.263. The van der Waals surface area contributed by atoms with E-state index in [9.17, 15) is 4.79 Å². The predicted molar refractivity (Wildman–Crippen MR) is 58.2 cm³/mol. The third kappa shape index (κ3) is 3.09. The Morgan fingerprint density at radius 2 is 2.07 bits per heavy atom. The molecule has 1 rings (SSSR count). The summed E-state index contributed by atoms with van der Waals surface area (Å²) in [5.74, 6) is 0.169. The first kappa shape index (κ1) is 11.8. The molecule has 1 aromatic heterocycles. The van der Waals surface area contributed by atoms with Crippen LogP contribution >= 0.6 is 11.6 Å². The SMILES string of the molecule is CC(C)(C)c1ccc(Cl)nc1OC(N)=O. The van der Waals surface area contributed by atoms with Gasteiger partial charge in [0.15, 0.2) is 0 Å². The molecule has 0 saturated carbocycles. The lowest BCUT2D eigenvalue weighted by Crippen LogP contribution is -2.21. The van der Waals surface area contributed by atoms with Gasteiger partial charge >= 0.3 is 6.09 Å². The topological polar surface area (TPSA) is 65.2 Å². The highest BCUT2D eigenvalue weighted by Gasteiger charge is 2.21. The van der Waals surface area contributed by atoms with Crippen LogP contribution in [0.4, 0.5) is 4.79 Å². The largest absolute Gasteiger partial charge is 0.411 e. The fourth-order valence-corrected chi connectivity index (χ4v) is 1.30. The number of primary amides is 1. The van der Waals surface area contributed by atoms with Crippen LogP contribution in [0.2, 0.25) is 5.15 Å². The minimum atomic E-state index is -0.893. The number of carbonyl (C=O) groups is 1. The molecule has 0 aliphatic carbocycles. The van der Waals surface area contributed by atoms with E-state index in [-0.39, 0.29) is 16.4 Å². The van der Waals surface area contributed by atoms with E-state index in [1.54, 1.807) is 12.1 Å². The molecule has 0 unspecified atom stereocenters. The van der Waals surface area contributed by atoms with Crippen LogP contribution in [0.15, 0.2) is 12.1 Å². The first-order valence-corrected chi connectivity index (χ1v) is 4.83. The van der Waals surface area contributed by atoms with Crippen molar-refractivity contribution < 1.29 is 9.53 Å². The lowest BCUT2D eigenvalue weighted by molar-refractivity contribution is 0.208. The van der Waals surface area contributed by atoms with Crippen LogP contribution in [0.5, 0.6) is 5.88 Å². The van der Waals surface area contributed by atoms with Gasteiger partial charge in [-0.25, -0.2) is 9.78 Å². The quantitative estimate of drug-likeness (QED) is 0.751. The Morgan fingerprint density at radius 1 is 1.47 bits per heavy atom. The molecule has 2 N–H and O–H groups in total. The van der Waals surface area contributed by atoms with Gasteiger partial charge in [0.2, 0.25) is 5.88 Å². The maximum atomic E-state index is 10.7. The molecule has 1 aromatic rings. The van der Waals surface area contributed by atoms with Crippen molar-refractivity contribution >= 4 is 17.7 Å². The maximum absolute atomic E-state index is 10.7. The number of carbonyl (C=O) groups excluding carboxylic acids is 1. The van der Waals surface area contributed by atoms with Crippen LogP contribution in [-0.4, -0.2) is 11.1 Å². The second-order valence-electron chi connectivity index (χ2n) is 4.16. The number of amides is 1. The molecule has 0 bridgehead atoms. The van der Waals surface area contributed by atoms with Gasteiger partial charge in [-0.15, -0.1) is 0 Å². The van der Waals surface area contributed by atoms with Crippen molar-refractivity contribution in [2.45, 2.75) is 26.2 Å². The zero-order valence-electron chi connectivity index (χ0n) is 8.87. The molecule has 82 valence electrons. The van der Waals surface area contributed by atoms with Crippen molar-refractivity contribution in [3.8, 4) is 5.88 Å². The predicted octanol–water partition coefficient (Wildman–Crippen LogP) is 2.49. The molecule has 1 heterocycles. The normalized spacial score (nSPS) is 11.2. The zero-order chi connectivity index (χ0) is 11.6. The standard InChI is InChI=1S/C10H13ClN2O2/c1-10(2,3)6-4-5-7(11)13-8(6)15-9(12)14/h4-5H,1-3H3,(H2,12,14). The smallest absolute Gasteiger partial charge is 0.391 e. The zero-order valence-corrected chi connectivity index (χ0v) is 9.63. The van der Waals surface area contributed by atoms with Gasteiger partial charge in [-0.2, -0.15) is 0 Å². The monoisotopic (exact) mass is 228 g/mol. The van der Waals surface area contributed by atoms with E-state index >= 15 is 0 Å². The van der Waals surface area contributed by atoms with Crippen LogP contribution < -0.4 is 10.5 Å². The number of rotatable bonds is 1. The molecular formula is C10H13ClN2O2. The van der Waals surface area contributed by atoms with Crippen LogP contribution in [0.1, 0.15) is 26.3 Å². The van der Waals surface area contributed by atoms with Gasteiger partial charge in [-0.3, -0.25) is 0 Å². The summed E-state index contributed by atoms with van der Waals surface area (Å²) in [4.78, 5) is 14.6. The molecule has 0 fully saturated rings. The Hall–Kier alpha value is -1.29. The Morgan fingerprint density at radius 3 is 2.53 bits per heavy atom. The van der Waals surface area contributed by atoms with E-state index in [1.807, 2.05) is 20.8 Å². The molecule has 0 aliphatic heterocycles. The molecule has 5 heteroatoms. The first-order chi connectivity index (χ1) is 6.80. The number of nitrogens with two attached hydrogens (primary N) is 1. The highest BCUT2D eigenvalue weighted by Crippen LogP contribution is 2.30. The Bertz CT molecular complexity index is 385. The van der Waals surface area contributed by atoms with E-state index in [0.717, 1.165) is 5.56 Å². The number of halogens is 1. The van der Waals surface area contributed by atoms with Gasteiger partial charge in [-0.1, -0.05) is 38.4 Å². The highest BCUT2D eigenvalue weighted by atomic mass is 35.5. The Balaban J connectivity index is 3.20. The summed E-state index contributed by atoms with van der Waals surface area (Å²) in [6, 6.07) is 3.42. The van der Waals surface area contributed by atoms with Gasteiger partial charge in [0, 0.05) is 5.56 Å². The molecule has 1 amide bonds. The Labute approximate surface area is 93.4 Å². The Kier molecular flexibility index (Phi) is 3.19. The first-order valence-electron chi connectivity index (χ1n) is 4.45. The molecule has 15 heavy (non-hydrogen) atoms. The summed E-state index contributed by atoms with van der Waals surface area (Å²) in [7, 11) is 0. The fourth-order valence-electron chi connectivity index (χ4n) is 1.16. The fraction of sp³-hybridized carbons (Fsp3) is 0.400. The van der Waals surface area contributed by atoms with Crippen molar-refractivity contribution in [2.24, 2.45) is 5.73 Å². The van der Waals surface area contributed by atoms with Gasteiger partial charge in [0.05, 0.1) is 0 Å². The molecule has 0 radical (unpaired) electrons. The van der Waals surface area contributed by atoms with Gasteiger partial charge in [0.25, 0.3) is 0 Å². The number of hydrogen-bond donors (Lipinski definition) is 1. The molecule has 0 atom stereocenters. The third-order valence-corrected chi connectivity index (χ3v) is 2.04. The van der Waals surface area contributed by atoms with E-state index < -0.39 is 6.09 Å². The number of ether oxygens (including phenoxy) is 1. The molecular weight excluding hydrogens is 216 g/mol. The molecule has 4 nitrogen and oxygen atoms in total. The van der Waals surface area contributed by atoms with Crippen LogP contribution in [0, 0.1) is 0 Å². The summed E-state index contributed by atoms with van der Waals surface area (Å²) in [6.45, 7) is 5.93. The molecule has 0 saturated heterocycles. The van der Waals surface area contributed by atoms with Crippen molar-refractivity contribution in [3.05, 3.63) is 22.8 Å². The summed E-state index contributed by atoms with van der Waals surface area (Å²) in [6.07, 6.45) is -0.893. The molecule has 0 aromatic carbocycles. The van der Waals surface area contributed by atoms with E-state index in [2.05, 4.69) is 4.98 Å². The molecule has 0 aliphatic rings. The van der Waals surface area contributed by atoms with Gasteiger partial charge in [0.1, 0.15) is 5.15 Å². The van der Waals surface area contributed by atoms with Crippen LogP contribution in [0.3, 0.4) is 0 Å². The lowest BCUT2D eigenvalue weighted by atomic mass is 9.88. The second-order valence-corrected chi connectivity index (χ2v) is 4.55. The third-order valence-electron chi connectivity index (χ3n) is 1.83. The van der Waals surface area contributed by atoms with Crippen LogP contribution in [0.25, 0.3) is 0 Å². The van der Waals surface area contributed by atoms with E-state index in [1.165, 1.54) is 0 Å². The summed E-state index contributed by atoms with van der Waals surface area (Å²) < 4.78 is 4.80. The number of pyridine rings is 1. The van der Waals surface area contributed by atoms with E-state index in [4.69, 9.17) is 22.1 Å². The number of hydrogen-bond acceptors (Lipinski definition) is 3. The van der Waals surface area contributed by atoms with Crippen LogP contribution in [-0.2, 0) is 5.41 Å². The van der Waals surface area contributed by atoms with Gasteiger partial charge < -0.3 is 10.5 Å². The average molecular weight is 229 g/mol. The average Bonchev–Trinajstić information content (AvgIpc) is 1.99.